The lowest BCUT2D eigenvalue weighted by Crippen LogP contribution is -2.39. The Morgan fingerprint density at radius 3 is 2.67 bits per heavy atom. The summed E-state index contributed by atoms with van der Waals surface area (Å²) in [6.45, 7) is 8.01. The predicted molar refractivity (Wildman–Crippen MR) is 130 cm³/mol. The standard InChI is InChI=1S/C19H26BrN5S.HI/c1-13-18(26-14(2)24-13)11-23-19(21-3)22-10-15-8-9-25(12-15)17-6-4-16(20)5-7-17;/h4-7,15H,8-12H2,1-3H3,(H2,21,22,23);1H. The zero-order valence-electron chi connectivity index (χ0n) is 16.0. The molecule has 1 aromatic carbocycles. The molecule has 0 aliphatic carbocycles. The fraction of sp³-hybridized carbons (Fsp3) is 0.474. The first kappa shape index (κ1) is 22.4. The summed E-state index contributed by atoms with van der Waals surface area (Å²) in [5, 5.41) is 7.99. The first-order chi connectivity index (χ1) is 12.5. The van der Waals surface area contributed by atoms with Crippen LogP contribution >= 0.6 is 51.2 Å². The minimum Gasteiger partial charge on any atom is -0.371 e. The molecule has 2 heterocycles. The van der Waals surface area contributed by atoms with E-state index in [4.69, 9.17) is 0 Å². The van der Waals surface area contributed by atoms with Gasteiger partial charge in [-0.25, -0.2) is 4.98 Å². The zero-order valence-corrected chi connectivity index (χ0v) is 20.7. The Balaban J connectivity index is 0.00000261. The molecule has 2 aromatic rings. The number of rotatable bonds is 5. The molecular formula is C19H27BrIN5S. The Bertz CT molecular complexity index is 762. The molecule has 1 saturated heterocycles. The summed E-state index contributed by atoms with van der Waals surface area (Å²) in [5.74, 6) is 1.49. The summed E-state index contributed by atoms with van der Waals surface area (Å²) < 4.78 is 1.12. The van der Waals surface area contributed by atoms with Gasteiger partial charge >= 0.3 is 0 Å². The van der Waals surface area contributed by atoms with Gasteiger partial charge in [-0.3, -0.25) is 4.99 Å². The molecule has 0 bridgehead atoms. The molecule has 1 aliphatic heterocycles. The van der Waals surface area contributed by atoms with Crippen molar-refractivity contribution in [2.75, 3.05) is 31.6 Å². The Morgan fingerprint density at radius 1 is 1.30 bits per heavy atom. The second-order valence-electron chi connectivity index (χ2n) is 6.63. The molecule has 5 nitrogen and oxygen atoms in total. The van der Waals surface area contributed by atoms with Gasteiger partial charge in [-0.05, 0) is 50.5 Å². The molecule has 0 radical (unpaired) electrons. The van der Waals surface area contributed by atoms with Crippen LogP contribution in [0.4, 0.5) is 5.69 Å². The van der Waals surface area contributed by atoms with Gasteiger partial charge in [-0.15, -0.1) is 35.3 Å². The Labute approximate surface area is 191 Å². The molecule has 0 spiro atoms. The van der Waals surface area contributed by atoms with Crippen molar-refractivity contribution in [3.05, 3.63) is 44.3 Å². The third kappa shape index (κ3) is 6.32. The maximum absolute atomic E-state index is 4.48. The summed E-state index contributed by atoms with van der Waals surface area (Å²) in [5.41, 5.74) is 2.41. The van der Waals surface area contributed by atoms with Gasteiger partial charge < -0.3 is 15.5 Å². The minimum atomic E-state index is 0. The molecule has 0 saturated carbocycles. The van der Waals surface area contributed by atoms with Crippen molar-refractivity contribution in [2.24, 2.45) is 10.9 Å². The van der Waals surface area contributed by atoms with Crippen LogP contribution in [0.3, 0.4) is 0 Å². The third-order valence-electron chi connectivity index (χ3n) is 4.68. The van der Waals surface area contributed by atoms with E-state index in [1.165, 1.54) is 17.0 Å². The van der Waals surface area contributed by atoms with Crippen LogP contribution in [0.1, 0.15) is 22.0 Å². The number of hydrogen-bond acceptors (Lipinski definition) is 4. The molecule has 1 atom stereocenters. The van der Waals surface area contributed by atoms with Crippen molar-refractivity contribution < 1.29 is 0 Å². The van der Waals surface area contributed by atoms with Gasteiger partial charge in [0.15, 0.2) is 5.96 Å². The Kier molecular flexibility index (Phi) is 8.81. The van der Waals surface area contributed by atoms with E-state index in [1.807, 2.05) is 14.0 Å². The maximum Gasteiger partial charge on any atom is 0.191 e. The third-order valence-corrected chi connectivity index (χ3v) is 6.28. The molecular weight excluding hydrogens is 537 g/mol. The lowest BCUT2D eigenvalue weighted by atomic mass is 10.1. The highest BCUT2D eigenvalue weighted by Gasteiger charge is 2.22. The fourth-order valence-electron chi connectivity index (χ4n) is 3.25. The number of halogens is 2. The van der Waals surface area contributed by atoms with Crippen LogP contribution in [0.25, 0.3) is 0 Å². The fourth-order valence-corrected chi connectivity index (χ4v) is 4.39. The Morgan fingerprint density at radius 2 is 2.04 bits per heavy atom. The number of nitrogens with one attached hydrogen (secondary N) is 2. The van der Waals surface area contributed by atoms with Gasteiger partial charge in [0.2, 0.25) is 0 Å². The summed E-state index contributed by atoms with van der Waals surface area (Å²) in [6, 6.07) is 8.57. The normalized spacial score (nSPS) is 17.0. The highest BCUT2D eigenvalue weighted by atomic mass is 127. The van der Waals surface area contributed by atoms with E-state index in [0.29, 0.717) is 5.92 Å². The number of thiazole rings is 1. The molecule has 1 unspecified atom stereocenters. The first-order valence-corrected chi connectivity index (χ1v) is 10.5. The Hall–Kier alpha value is -0.870. The van der Waals surface area contributed by atoms with Gasteiger partial charge in [0, 0.05) is 41.7 Å². The molecule has 1 aliphatic rings. The van der Waals surface area contributed by atoms with Crippen molar-refractivity contribution in [1.82, 2.24) is 15.6 Å². The van der Waals surface area contributed by atoms with Gasteiger partial charge in [0.05, 0.1) is 17.2 Å². The van der Waals surface area contributed by atoms with E-state index in [0.717, 1.165) is 47.3 Å². The van der Waals surface area contributed by atoms with Gasteiger partial charge in [0.25, 0.3) is 0 Å². The smallest absolute Gasteiger partial charge is 0.191 e. The van der Waals surface area contributed by atoms with Crippen LogP contribution in [-0.4, -0.2) is 37.6 Å². The van der Waals surface area contributed by atoms with Crippen LogP contribution in [-0.2, 0) is 6.54 Å². The summed E-state index contributed by atoms with van der Waals surface area (Å²) in [4.78, 5) is 12.6. The van der Waals surface area contributed by atoms with Crippen LogP contribution in [0, 0.1) is 19.8 Å². The molecule has 148 valence electrons. The summed E-state index contributed by atoms with van der Waals surface area (Å²) in [6.07, 6.45) is 1.20. The molecule has 27 heavy (non-hydrogen) atoms. The maximum atomic E-state index is 4.48. The van der Waals surface area contributed by atoms with E-state index >= 15 is 0 Å². The number of benzene rings is 1. The van der Waals surface area contributed by atoms with Crippen molar-refractivity contribution in [1.29, 1.82) is 0 Å². The van der Waals surface area contributed by atoms with Crippen molar-refractivity contribution in [3.8, 4) is 0 Å². The largest absolute Gasteiger partial charge is 0.371 e. The molecule has 8 heteroatoms. The summed E-state index contributed by atoms with van der Waals surface area (Å²) >= 11 is 5.24. The second-order valence-corrected chi connectivity index (χ2v) is 8.83. The monoisotopic (exact) mass is 563 g/mol. The number of hydrogen-bond donors (Lipinski definition) is 2. The zero-order chi connectivity index (χ0) is 18.5. The summed E-state index contributed by atoms with van der Waals surface area (Å²) in [7, 11) is 1.82. The van der Waals surface area contributed by atoms with E-state index in [-0.39, 0.29) is 24.0 Å². The molecule has 1 fully saturated rings. The lowest BCUT2D eigenvalue weighted by Gasteiger charge is -2.19. The van der Waals surface area contributed by atoms with Crippen molar-refractivity contribution in [3.63, 3.8) is 0 Å². The molecule has 1 aromatic heterocycles. The number of nitrogens with zero attached hydrogens (tertiary/aromatic N) is 3. The first-order valence-electron chi connectivity index (χ1n) is 8.93. The van der Waals surface area contributed by atoms with Crippen molar-refractivity contribution >= 4 is 62.9 Å². The van der Waals surface area contributed by atoms with Crippen LogP contribution in [0.5, 0.6) is 0 Å². The van der Waals surface area contributed by atoms with E-state index in [9.17, 15) is 0 Å². The predicted octanol–water partition coefficient (Wildman–Crippen LogP) is 4.33. The molecule has 3 rings (SSSR count). The molecule has 0 amide bonds. The number of aromatic nitrogens is 1. The minimum absolute atomic E-state index is 0. The van der Waals surface area contributed by atoms with E-state index < -0.39 is 0 Å². The van der Waals surface area contributed by atoms with Crippen LogP contribution in [0.15, 0.2) is 33.7 Å². The molecule has 2 N–H and O–H groups in total. The second kappa shape index (κ2) is 10.6. The van der Waals surface area contributed by atoms with Gasteiger partial charge in [0.1, 0.15) is 0 Å². The van der Waals surface area contributed by atoms with Gasteiger partial charge in [-0.1, -0.05) is 15.9 Å². The van der Waals surface area contributed by atoms with Crippen LogP contribution < -0.4 is 15.5 Å². The highest BCUT2D eigenvalue weighted by Crippen LogP contribution is 2.25. The van der Waals surface area contributed by atoms with E-state index in [2.05, 4.69) is 72.6 Å². The van der Waals surface area contributed by atoms with Crippen molar-refractivity contribution in [2.45, 2.75) is 26.8 Å². The number of guanidine groups is 1. The lowest BCUT2D eigenvalue weighted by molar-refractivity contribution is 0.566. The number of anilines is 1. The highest BCUT2D eigenvalue weighted by molar-refractivity contribution is 14.0. The average Bonchev–Trinajstić information content (AvgIpc) is 3.22. The van der Waals surface area contributed by atoms with Gasteiger partial charge in [-0.2, -0.15) is 0 Å². The van der Waals surface area contributed by atoms with E-state index in [1.54, 1.807) is 11.3 Å². The number of aryl methyl sites for hydroxylation is 2. The topological polar surface area (TPSA) is 52.6 Å². The number of aliphatic imine (C=N–C) groups is 1. The average molecular weight is 564 g/mol. The SMILES string of the molecule is CN=C(NCc1sc(C)nc1C)NCC1CCN(c2ccc(Br)cc2)C1.I. The quantitative estimate of drug-likeness (QED) is 0.323. The van der Waals surface area contributed by atoms with Crippen LogP contribution in [0.2, 0.25) is 0 Å².